The van der Waals surface area contributed by atoms with Gasteiger partial charge in [-0.25, -0.2) is 0 Å². The topological polar surface area (TPSA) is 38.5 Å². The number of nitrogens with zero attached hydrogens (tertiary/aromatic N) is 1. The summed E-state index contributed by atoms with van der Waals surface area (Å²) in [5, 5.41) is 0. The van der Waals surface area contributed by atoms with Crippen LogP contribution in [0.1, 0.15) is 36.9 Å². The SMILES string of the molecule is COCC1CCN(C(c2ccc(C)cc2)C(C)N)CC1. The molecule has 1 aliphatic rings. The smallest absolute Gasteiger partial charge is 0.0496 e. The third-order valence-electron chi connectivity index (χ3n) is 4.36. The first kappa shape index (κ1) is 15.5. The highest BCUT2D eigenvalue weighted by atomic mass is 16.5. The zero-order valence-electron chi connectivity index (χ0n) is 13.0. The molecule has 2 atom stereocenters. The van der Waals surface area contributed by atoms with Crippen LogP contribution in [-0.2, 0) is 4.74 Å². The summed E-state index contributed by atoms with van der Waals surface area (Å²) in [7, 11) is 1.80. The number of piperidine rings is 1. The molecular formula is C17H28N2O. The Balaban J connectivity index is 2.05. The molecule has 0 amide bonds. The molecule has 0 saturated carbocycles. The molecular weight excluding hydrogens is 248 g/mol. The molecule has 112 valence electrons. The first-order chi connectivity index (χ1) is 9.61. The van der Waals surface area contributed by atoms with Crippen molar-refractivity contribution < 1.29 is 4.74 Å². The monoisotopic (exact) mass is 276 g/mol. The highest BCUT2D eigenvalue weighted by molar-refractivity contribution is 5.25. The van der Waals surface area contributed by atoms with E-state index in [-0.39, 0.29) is 6.04 Å². The molecule has 3 heteroatoms. The number of ether oxygens (including phenoxy) is 1. The molecule has 20 heavy (non-hydrogen) atoms. The van der Waals surface area contributed by atoms with Crippen molar-refractivity contribution in [3.63, 3.8) is 0 Å². The van der Waals surface area contributed by atoms with E-state index in [1.54, 1.807) is 7.11 Å². The van der Waals surface area contributed by atoms with Gasteiger partial charge in [-0.05, 0) is 51.3 Å². The zero-order chi connectivity index (χ0) is 14.5. The maximum Gasteiger partial charge on any atom is 0.0496 e. The fourth-order valence-electron chi connectivity index (χ4n) is 3.24. The highest BCUT2D eigenvalue weighted by Crippen LogP contribution is 2.29. The van der Waals surface area contributed by atoms with E-state index in [0.29, 0.717) is 12.0 Å². The molecule has 2 N–H and O–H groups in total. The van der Waals surface area contributed by atoms with Crippen molar-refractivity contribution in [1.29, 1.82) is 0 Å². The van der Waals surface area contributed by atoms with Gasteiger partial charge in [0.1, 0.15) is 0 Å². The number of nitrogens with two attached hydrogens (primary N) is 1. The van der Waals surface area contributed by atoms with Crippen LogP contribution in [0.2, 0.25) is 0 Å². The second-order valence-electron chi connectivity index (χ2n) is 6.15. The predicted octanol–water partition coefficient (Wildman–Crippen LogP) is 2.74. The molecule has 1 aromatic carbocycles. The number of rotatable bonds is 5. The lowest BCUT2D eigenvalue weighted by Crippen LogP contribution is -2.44. The van der Waals surface area contributed by atoms with E-state index in [9.17, 15) is 0 Å². The summed E-state index contributed by atoms with van der Waals surface area (Å²) >= 11 is 0. The molecule has 1 fully saturated rings. The van der Waals surface area contributed by atoms with Gasteiger partial charge < -0.3 is 10.5 Å². The summed E-state index contributed by atoms with van der Waals surface area (Å²) in [6, 6.07) is 9.30. The average molecular weight is 276 g/mol. The van der Waals surface area contributed by atoms with Gasteiger partial charge in [0.2, 0.25) is 0 Å². The average Bonchev–Trinajstić information content (AvgIpc) is 2.43. The van der Waals surface area contributed by atoms with Gasteiger partial charge in [0, 0.05) is 25.8 Å². The van der Waals surface area contributed by atoms with Crippen LogP contribution >= 0.6 is 0 Å². The Morgan fingerprint density at radius 3 is 2.35 bits per heavy atom. The molecule has 3 nitrogen and oxygen atoms in total. The largest absolute Gasteiger partial charge is 0.384 e. The van der Waals surface area contributed by atoms with Gasteiger partial charge in [-0.1, -0.05) is 29.8 Å². The van der Waals surface area contributed by atoms with Crippen LogP contribution in [0.25, 0.3) is 0 Å². The number of aryl methyl sites for hydroxylation is 1. The van der Waals surface area contributed by atoms with E-state index in [0.717, 1.165) is 19.7 Å². The minimum Gasteiger partial charge on any atom is -0.384 e. The van der Waals surface area contributed by atoms with Gasteiger partial charge in [0.05, 0.1) is 0 Å². The predicted molar refractivity (Wildman–Crippen MR) is 83.7 cm³/mol. The maximum absolute atomic E-state index is 6.26. The Bertz CT molecular complexity index is 394. The summed E-state index contributed by atoms with van der Waals surface area (Å²) in [5.41, 5.74) is 8.91. The van der Waals surface area contributed by atoms with Gasteiger partial charge in [0.25, 0.3) is 0 Å². The molecule has 0 aromatic heterocycles. The number of likely N-dealkylation sites (tertiary alicyclic amines) is 1. The Morgan fingerprint density at radius 1 is 1.25 bits per heavy atom. The van der Waals surface area contributed by atoms with Crippen LogP contribution < -0.4 is 5.73 Å². The maximum atomic E-state index is 6.26. The Labute approximate surface area is 123 Å². The molecule has 0 radical (unpaired) electrons. The molecule has 0 spiro atoms. The number of hydrogen-bond acceptors (Lipinski definition) is 3. The fraction of sp³-hybridized carbons (Fsp3) is 0.647. The van der Waals surface area contributed by atoms with Gasteiger partial charge in [0.15, 0.2) is 0 Å². The van der Waals surface area contributed by atoms with Gasteiger partial charge in [-0.15, -0.1) is 0 Å². The van der Waals surface area contributed by atoms with E-state index < -0.39 is 0 Å². The number of methoxy groups -OCH3 is 1. The van der Waals surface area contributed by atoms with E-state index in [4.69, 9.17) is 10.5 Å². The van der Waals surface area contributed by atoms with Crippen molar-refractivity contribution in [2.45, 2.75) is 38.8 Å². The van der Waals surface area contributed by atoms with Gasteiger partial charge >= 0.3 is 0 Å². The van der Waals surface area contributed by atoms with Crippen LogP contribution in [0.4, 0.5) is 0 Å². The summed E-state index contributed by atoms with van der Waals surface area (Å²) in [6.45, 7) is 7.37. The second kappa shape index (κ2) is 7.21. The van der Waals surface area contributed by atoms with Crippen molar-refractivity contribution in [3.05, 3.63) is 35.4 Å². The minimum absolute atomic E-state index is 0.150. The molecule has 0 bridgehead atoms. The minimum atomic E-state index is 0.150. The van der Waals surface area contributed by atoms with Crippen molar-refractivity contribution in [3.8, 4) is 0 Å². The van der Waals surface area contributed by atoms with Crippen molar-refractivity contribution in [2.75, 3.05) is 26.8 Å². The quantitative estimate of drug-likeness (QED) is 0.898. The summed E-state index contributed by atoms with van der Waals surface area (Å²) in [6.07, 6.45) is 2.42. The summed E-state index contributed by atoms with van der Waals surface area (Å²) in [5.74, 6) is 0.711. The second-order valence-corrected chi connectivity index (χ2v) is 6.15. The van der Waals surface area contributed by atoms with Crippen molar-refractivity contribution >= 4 is 0 Å². The lowest BCUT2D eigenvalue weighted by molar-refractivity contribution is 0.0736. The van der Waals surface area contributed by atoms with Gasteiger partial charge in [-0.2, -0.15) is 0 Å². The third kappa shape index (κ3) is 3.81. The zero-order valence-corrected chi connectivity index (χ0v) is 13.0. The first-order valence-electron chi connectivity index (χ1n) is 7.67. The lowest BCUT2D eigenvalue weighted by Gasteiger charge is -2.39. The molecule has 1 aromatic rings. The molecule has 2 unspecified atom stereocenters. The van der Waals surface area contributed by atoms with E-state index >= 15 is 0 Å². The van der Waals surface area contributed by atoms with E-state index in [1.165, 1.54) is 24.0 Å². The first-order valence-corrected chi connectivity index (χ1v) is 7.67. The molecule has 1 heterocycles. The third-order valence-corrected chi connectivity index (χ3v) is 4.36. The van der Waals surface area contributed by atoms with Crippen LogP contribution in [-0.4, -0.2) is 37.7 Å². The van der Waals surface area contributed by atoms with Crippen molar-refractivity contribution in [2.24, 2.45) is 11.7 Å². The summed E-state index contributed by atoms with van der Waals surface area (Å²) < 4.78 is 5.28. The Morgan fingerprint density at radius 2 is 1.85 bits per heavy atom. The standard InChI is InChI=1S/C17H28N2O/c1-13-4-6-16(7-5-13)17(14(2)18)19-10-8-15(9-11-19)12-20-3/h4-7,14-15,17H,8-12,18H2,1-3H3. The molecule has 0 aliphatic carbocycles. The van der Waals surface area contributed by atoms with Crippen LogP contribution in [0.15, 0.2) is 24.3 Å². The Hall–Kier alpha value is -0.900. The lowest BCUT2D eigenvalue weighted by atomic mass is 9.92. The normalized spacial score (nSPS) is 20.8. The van der Waals surface area contributed by atoms with Gasteiger partial charge in [-0.3, -0.25) is 4.90 Å². The number of benzene rings is 1. The van der Waals surface area contributed by atoms with Crippen LogP contribution in [0, 0.1) is 12.8 Å². The van der Waals surface area contributed by atoms with E-state index in [2.05, 4.69) is 43.0 Å². The van der Waals surface area contributed by atoms with Crippen LogP contribution in [0.3, 0.4) is 0 Å². The molecule has 1 aliphatic heterocycles. The summed E-state index contributed by atoms with van der Waals surface area (Å²) in [4.78, 5) is 2.54. The van der Waals surface area contributed by atoms with E-state index in [1.807, 2.05) is 0 Å². The molecule has 2 rings (SSSR count). The van der Waals surface area contributed by atoms with Crippen LogP contribution in [0.5, 0.6) is 0 Å². The fourth-order valence-corrected chi connectivity index (χ4v) is 3.24. The Kier molecular flexibility index (Phi) is 5.58. The number of hydrogen-bond donors (Lipinski definition) is 1. The molecule has 1 saturated heterocycles. The van der Waals surface area contributed by atoms with Crippen molar-refractivity contribution in [1.82, 2.24) is 4.90 Å². The highest BCUT2D eigenvalue weighted by Gasteiger charge is 2.28.